The summed E-state index contributed by atoms with van der Waals surface area (Å²) >= 11 is 2.52. The zero-order valence-corrected chi connectivity index (χ0v) is 18.1. The summed E-state index contributed by atoms with van der Waals surface area (Å²) in [5.41, 5.74) is -1.49. The van der Waals surface area contributed by atoms with E-state index in [1.807, 2.05) is 0 Å². The van der Waals surface area contributed by atoms with Crippen LogP contribution in [-0.4, -0.2) is 68.9 Å². The van der Waals surface area contributed by atoms with Crippen LogP contribution in [0.1, 0.15) is 36.2 Å². The number of alkyl halides is 3. The van der Waals surface area contributed by atoms with Gasteiger partial charge in [0, 0.05) is 24.1 Å². The van der Waals surface area contributed by atoms with E-state index in [4.69, 9.17) is 9.84 Å². The van der Waals surface area contributed by atoms with Crippen LogP contribution in [0.5, 0.6) is 0 Å². The molecule has 0 aromatic carbocycles. The number of carboxylic acids is 1. The fraction of sp³-hybridized carbons (Fsp3) is 0.526. The van der Waals surface area contributed by atoms with E-state index >= 15 is 0 Å². The summed E-state index contributed by atoms with van der Waals surface area (Å²) in [6, 6.07) is -0.372. The SMILES string of the molecule is C=C[C@@](O)(C/C=C/[C@H]1COC(=O)N1CCSc1nc(C(=O)O)cs1)CCCC(F)(F)F. The summed E-state index contributed by atoms with van der Waals surface area (Å²) in [5.74, 6) is -0.630. The van der Waals surface area contributed by atoms with Gasteiger partial charge in [0.05, 0.1) is 11.6 Å². The van der Waals surface area contributed by atoms with Crippen molar-refractivity contribution in [1.82, 2.24) is 9.88 Å². The first-order valence-electron chi connectivity index (χ1n) is 9.37. The highest BCUT2D eigenvalue weighted by Crippen LogP contribution is 2.28. The molecule has 0 bridgehead atoms. The van der Waals surface area contributed by atoms with E-state index in [9.17, 15) is 27.9 Å². The number of aromatic carboxylic acids is 1. The zero-order valence-electron chi connectivity index (χ0n) is 16.5. The third-order valence-corrected chi connectivity index (χ3v) is 6.55. The number of hydrogen-bond acceptors (Lipinski definition) is 7. The van der Waals surface area contributed by atoms with E-state index in [-0.39, 0.29) is 37.6 Å². The molecule has 2 heterocycles. The van der Waals surface area contributed by atoms with Crippen molar-refractivity contribution in [2.45, 2.75) is 47.8 Å². The number of aliphatic hydroxyl groups is 1. The Morgan fingerprint density at radius 2 is 2.19 bits per heavy atom. The van der Waals surface area contributed by atoms with Gasteiger partial charge in [-0.15, -0.1) is 17.9 Å². The number of hydrogen-bond donors (Lipinski definition) is 2. The van der Waals surface area contributed by atoms with Gasteiger partial charge < -0.3 is 14.9 Å². The number of halogens is 3. The third kappa shape index (κ3) is 8.19. The molecule has 0 radical (unpaired) electrons. The van der Waals surface area contributed by atoms with E-state index in [1.165, 1.54) is 39.5 Å². The molecular weight excluding hydrogens is 457 g/mol. The monoisotopic (exact) mass is 480 g/mol. The lowest BCUT2D eigenvalue weighted by atomic mass is 9.92. The average molecular weight is 481 g/mol. The lowest BCUT2D eigenvalue weighted by Gasteiger charge is -2.23. The zero-order chi connectivity index (χ0) is 23.1. The molecule has 1 aliphatic rings. The summed E-state index contributed by atoms with van der Waals surface area (Å²) in [4.78, 5) is 28.3. The van der Waals surface area contributed by atoms with E-state index in [2.05, 4.69) is 11.6 Å². The molecule has 1 aromatic heterocycles. The van der Waals surface area contributed by atoms with Crippen LogP contribution in [0.15, 0.2) is 34.5 Å². The number of thiazole rings is 1. The van der Waals surface area contributed by atoms with Gasteiger partial charge in [-0.1, -0.05) is 30.0 Å². The van der Waals surface area contributed by atoms with Crippen LogP contribution in [0.25, 0.3) is 0 Å². The van der Waals surface area contributed by atoms with E-state index in [1.54, 1.807) is 12.2 Å². The Labute approximate surface area is 185 Å². The van der Waals surface area contributed by atoms with E-state index < -0.39 is 30.3 Å². The molecule has 0 spiro atoms. The molecule has 2 N–H and O–H groups in total. The lowest BCUT2D eigenvalue weighted by molar-refractivity contribution is -0.137. The predicted molar refractivity (Wildman–Crippen MR) is 110 cm³/mol. The van der Waals surface area contributed by atoms with Gasteiger partial charge in [-0.05, 0) is 19.3 Å². The van der Waals surface area contributed by atoms with E-state index in [0.717, 1.165) is 0 Å². The summed E-state index contributed by atoms with van der Waals surface area (Å²) < 4.78 is 42.6. The molecular formula is C19H23F3N2O5S2. The fourth-order valence-electron chi connectivity index (χ4n) is 2.85. The highest BCUT2D eigenvalue weighted by Gasteiger charge is 2.32. The maximum absolute atomic E-state index is 12.3. The maximum Gasteiger partial charge on any atom is 0.410 e. The second-order valence-electron chi connectivity index (χ2n) is 6.90. The summed E-state index contributed by atoms with van der Waals surface area (Å²) in [5, 5.41) is 20.7. The van der Waals surface area contributed by atoms with Crippen LogP contribution in [0.3, 0.4) is 0 Å². The minimum atomic E-state index is -4.27. The molecule has 7 nitrogen and oxygen atoms in total. The van der Waals surface area contributed by atoms with Crippen molar-refractivity contribution in [3.05, 3.63) is 35.9 Å². The Morgan fingerprint density at radius 1 is 1.45 bits per heavy atom. The second-order valence-corrected chi connectivity index (χ2v) is 9.10. The molecule has 31 heavy (non-hydrogen) atoms. The Bertz CT molecular complexity index is 815. The molecule has 1 saturated heterocycles. The van der Waals surface area contributed by atoms with Gasteiger partial charge in [0.2, 0.25) is 0 Å². The lowest BCUT2D eigenvalue weighted by Crippen LogP contribution is -2.34. The number of amides is 1. The number of carboxylic acid groups (broad SMARTS) is 1. The van der Waals surface area contributed by atoms with Crippen LogP contribution in [0.2, 0.25) is 0 Å². The molecule has 172 valence electrons. The Balaban J connectivity index is 1.84. The molecule has 12 heteroatoms. The van der Waals surface area contributed by atoms with Gasteiger partial charge in [0.1, 0.15) is 6.61 Å². The van der Waals surface area contributed by atoms with Gasteiger partial charge in [-0.3, -0.25) is 4.90 Å². The second kappa shape index (κ2) is 11.0. The van der Waals surface area contributed by atoms with Crippen LogP contribution >= 0.6 is 23.1 Å². The number of aromatic nitrogens is 1. The van der Waals surface area contributed by atoms with Gasteiger partial charge in [0.15, 0.2) is 10.0 Å². The molecule has 1 amide bonds. The largest absolute Gasteiger partial charge is 0.476 e. The predicted octanol–water partition coefficient (Wildman–Crippen LogP) is 4.35. The van der Waals surface area contributed by atoms with Crippen molar-refractivity contribution in [2.24, 2.45) is 0 Å². The number of nitrogens with zero attached hydrogens (tertiary/aromatic N) is 2. The Morgan fingerprint density at radius 3 is 2.81 bits per heavy atom. The van der Waals surface area contributed by atoms with Crippen LogP contribution in [-0.2, 0) is 4.74 Å². The first kappa shape index (κ1) is 25.2. The van der Waals surface area contributed by atoms with Crippen molar-refractivity contribution in [2.75, 3.05) is 18.9 Å². The highest BCUT2D eigenvalue weighted by atomic mass is 32.2. The first-order chi connectivity index (χ1) is 14.5. The summed E-state index contributed by atoms with van der Waals surface area (Å²) in [7, 11) is 0. The van der Waals surface area contributed by atoms with Crippen molar-refractivity contribution in [1.29, 1.82) is 0 Å². The van der Waals surface area contributed by atoms with Crippen LogP contribution in [0.4, 0.5) is 18.0 Å². The van der Waals surface area contributed by atoms with Crippen molar-refractivity contribution in [3.8, 4) is 0 Å². The minimum Gasteiger partial charge on any atom is -0.476 e. The molecule has 0 aliphatic carbocycles. The number of carbonyl (C=O) groups excluding carboxylic acids is 1. The molecule has 1 aliphatic heterocycles. The van der Waals surface area contributed by atoms with Crippen molar-refractivity contribution < 1.29 is 37.7 Å². The third-order valence-electron chi connectivity index (χ3n) is 4.55. The first-order valence-corrected chi connectivity index (χ1v) is 11.2. The number of rotatable bonds is 12. The number of ether oxygens (including phenoxy) is 1. The topological polar surface area (TPSA) is 100.0 Å². The van der Waals surface area contributed by atoms with E-state index in [0.29, 0.717) is 16.6 Å². The van der Waals surface area contributed by atoms with Crippen LogP contribution in [0, 0.1) is 0 Å². The molecule has 1 fully saturated rings. The quantitative estimate of drug-likeness (QED) is 0.339. The Hall–Kier alpha value is -2.05. The number of thioether (sulfide) groups is 1. The smallest absolute Gasteiger partial charge is 0.410 e. The van der Waals surface area contributed by atoms with Gasteiger partial charge in [-0.2, -0.15) is 13.2 Å². The molecule has 1 aromatic rings. The van der Waals surface area contributed by atoms with Gasteiger partial charge >= 0.3 is 18.2 Å². The van der Waals surface area contributed by atoms with Crippen molar-refractivity contribution >= 4 is 35.2 Å². The standard InChI is InChI=1S/C19H23F3N2O5S2/c1-2-18(28,7-4-8-19(20,21)22)6-3-5-13-11-29-17(27)24(13)9-10-30-16-23-14(12-31-16)15(25)26/h2-3,5,12-13,28H,1,4,6-11H2,(H,25,26)/b5-3+/t13-,18+/m0/s1. The molecule has 2 atom stereocenters. The van der Waals surface area contributed by atoms with Gasteiger partial charge in [0.25, 0.3) is 0 Å². The summed E-state index contributed by atoms with van der Waals surface area (Å²) in [6.45, 7) is 3.97. The average Bonchev–Trinajstić information content (AvgIpc) is 3.29. The molecule has 0 unspecified atom stereocenters. The highest BCUT2D eigenvalue weighted by molar-refractivity contribution is 8.01. The van der Waals surface area contributed by atoms with Gasteiger partial charge in [-0.25, -0.2) is 14.6 Å². The molecule has 2 rings (SSSR count). The van der Waals surface area contributed by atoms with Crippen LogP contribution < -0.4 is 0 Å². The normalized spacial score (nSPS) is 18.9. The fourth-order valence-corrected chi connectivity index (χ4v) is 4.66. The number of carbonyl (C=O) groups is 2. The minimum absolute atomic E-state index is 0.0289. The summed E-state index contributed by atoms with van der Waals surface area (Å²) in [6.07, 6.45) is -1.44. The van der Waals surface area contributed by atoms with Crippen molar-refractivity contribution in [3.63, 3.8) is 0 Å². The number of cyclic esters (lactones) is 1. The molecule has 0 saturated carbocycles. The Kier molecular flexibility index (Phi) is 8.95. The maximum atomic E-state index is 12.3.